The average molecular weight is 273 g/mol. The summed E-state index contributed by atoms with van der Waals surface area (Å²) in [5, 5.41) is 3.14. The van der Waals surface area contributed by atoms with Crippen molar-refractivity contribution in [1.82, 2.24) is 5.32 Å². The van der Waals surface area contributed by atoms with Gasteiger partial charge in [-0.2, -0.15) is 0 Å². The molecule has 0 saturated heterocycles. The lowest BCUT2D eigenvalue weighted by Crippen LogP contribution is -2.46. The predicted octanol–water partition coefficient (Wildman–Crippen LogP) is 3.24. The lowest BCUT2D eigenvalue weighted by atomic mass is 9.75. The molecule has 108 valence electrons. The Balaban J connectivity index is 2.41. The van der Waals surface area contributed by atoms with E-state index < -0.39 is 0 Å². The van der Waals surface area contributed by atoms with Crippen molar-refractivity contribution in [3.63, 3.8) is 0 Å². The summed E-state index contributed by atoms with van der Waals surface area (Å²) in [6, 6.07) is 10.4. The first-order chi connectivity index (χ1) is 9.41. The molecule has 3 nitrogen and oxygen atoms in total. The minimum absolute atomic E-state index is 0.0206. The standard InChI is InChI=1S/C17H23NO2/c1-17(2,3)16-14(12-8-6-5-7-9-12)10-13(20-4)11-15(19)18-16/h5-9,11,14,16H,10H2,1-4H3,(H,18,19)/t14-,16-/m1/s1. The molecule has 0 aromatic heterocycles. The third-order valence-corrected chi connectivity index (χ3v) is 3.84. The van der Waals surface area contributed by atoms with Gasteiger partial charge in [-0.15, -0.1) is 0 Å². The van der Waals surface area contributed by atoms with E-state index in [4.69, 9.17) is 4.74 Å². The molecule has 2 rings (SSSR count). The van der Waals surface area contributed by atoms with Gasteiger partial charge in [0.05, 0.1) is 7.11 Å². The summed E-state index contributed by atoms with van der Waals surface area (Å²) in [5.74, 6) is 0.886. The van der Waals surface area contributed by atoms with Crippen molar-refractivity contribution in [2.45, 2.75) is 39.2 Å². The zero-order valence-corrected chi connectivity index (χ0v) is 12.6. The van der Waals surface area contributed by atoms with Crippen LogP contribution < -0.4 is 5.32 Å². The fraction of sp³-hybridized carbons (Fsp3) is 0.471. The number of hydrogen-bond donors (Lipinski definition) is 1. The van der Waals surface area contributed by atoms with Gasteiger partial charge in [0.15, 0.2) is 0 Å². The number of methoxy groups -OCH3 is 1. The second-order valence-electron chi connectivity index (χ2n) is 6.39. The van der Waals surface area contributed by atoms with E-state index in [1.54, 1.807) is 13.2 Å². The molecule has 20 heavy (non-hydrogen) atoms. The first-order valence-electron chi connectivity index (χ1n) is 7.02. The van der Waals surface area contributed by atoms with Crippen molar-refractivity contribution < 1.29 is 9.53 Å². The van der Waals surface area contributed by atoms with Crippen molar-refractivity contribution in [3.8, 4) is 0 Å². The minimum Gasteiger partial charge on any atom is -0.501 e. The summed E-state index contributed by atoms with van der Waals surface area (Å²) >= 11 is 0. The number of nitrogens with one attached hydrogen (secondary N) is 1. The van der Waals surface area contributed by atoms with Crippen molar-refractivity contribution >= 4 is 5.91 Å². The predicted molar refractivity (Wildman–Crippen MR) is 80.3 cm³/mol. The van der Waals surface area contributed by atoms with Gasteiger partial charge in [0, 0.05) is 24.5 Å². The number of hydrogen-bond acceptors (Lipinski definition) is 2. The maximum Gasteiger partial charge on any atom is 0.247 e. The first kappa shape index (κ1) is 14.6. The summed E-state index contributed by atoms with van der Waals surface area (Å²) in [6.45, 7) is 6.48. The highest BCUT2D eigenvalue weighted by Gasteiger charge is 2.36. The number of rotatable bonds is 2. The normalized spacial score (nSPS) is 23.6. The number of ether oxygens (including phenoxy) is 1. The third-order valence-electron chi connectivity index (χ3n) is 3.84. The van der Waals surface area contributed by atoms with E-state index in [9.17, 15) is 4.79 Å². The molecule has 1 aromatic rings. The topological polar surface area (TPSA) is 38.3 Å². The van der Waals surface area contributed by atoms with E-state index in [-0.39, 0.29) is 23.3 Å². The molecule has 1 aliphatic heterocycles. The van der Waals surface area contributed by atoms with Crippen LogP contribution in [0.2, 0.25) is 0 Å². The number of carbonyl (C=O) groups excluding carboxylic acids is 1. The highest BCUT2D eigenvalue weighted by Crippen LogP contribution is 2.37. The van der Waals surface area contributed by atoms with Crippen LogP contribution in [0.15, 0.2) is 42.2 Å². The van der Waals surface area contributed by atoms with E-state index in [1.807, 2.05) is 18.2 Å². The largest absolute Gasteiger partial charge is 0.501 e. The zero-order chi connectivity index (χ0) is 14.8. The summed E-state index contributed by atoms with van der Waals surface area (Å²) < 4.78 is 5.35. The van der Waals surface area contributed by atoms with Crippen LogP contribution in [0.3, 0.4) is 0 Å². The van der Waals surface area contributed by atoms with Crippen LogP contribution in [-0.4, -0.2) is 19.1 Å². The Morgan fingerprint density at radius 1 is 1.20 bits per heavy atom. The van der Waals surface area contributed by atoms with E-state index in [1.165, 1.54) is 5.56 Å². The Morgan fingerprint density at radius 2 is 1.85 bits per heavy atom. The number of carbonyl (C=O) groups is 1. The van der Waals surface area contributed by atoms with Gasteiger partial charge in [0.2, 0.25) is 5.91 Å². The van der Waals surface area contributed by atoms with Gasteiger partial charge in [0.25, 0.3) is 0 Å². The maximum absolute atomic E-state index is 12.0. The highest BCUT2D eigenvalue weighted by molar-refractivity contribution is 5.88. The minimum atomic E-state index is -0.0693. The van der Waals surface area contributed by atoms with Crippen LogP contribution in [0.1, 0.15) is 38.7 Å². The van der Waals surface area contributed by atoms with Crippen molar-refractivity contribution in [1.29, 1.82) is 0 Å². The first-order valence-corrected chi connectivity index (χ1v) is 7.02. The highest BCUT2D eigenvalue weighted by atomic mass is 16.5. The smallest absolute Gasteiger partial charge is 0.247 e. The second-order valence-corrected chi connectivity index (χ2v) is 6.39. The molecule has 1 N–H and O–H groups in total. The fourth-order valence-corrected chi connectivity index (χ4v) is 2.81. The maximum atomic E-state index is 12.0. The Hall–Kier alpha value is -1.77. The second kappa shape index (κ2) is 5.70. The summed E-state index contributed by atoms with van der Waals surface area (Å²) in [7, 11) is 1.62. The molecule has 1 amide bonds. The molecule has 0 saturated carbocycles. The van der Waals surface area contributed by atoms with Crippen molar-refractivity contribution in [3.05, 3.63) is 47.7 Å². The lowest BCUT2D eigenvalue weighted by molar-refractivity contribution is -0.118. The van der Waals surface area contributed by atoms with Crippen LogP contribution in [0.4, 0.5) is 0 Å². The molecule has 1 aromatic carbocycles. The van der Waals surface area contributed by atoms with Crippen LogP contribution in [-0.2, 0) is 9.53 Å². The fourth-order valence-electron chi connectivity index (χ4n) is 2.81. The van der Waals surface area contributed by atoms with Crippen molar-refractivity contribution in [2.24, 2.45) is 5.41 Å². The van der Waals surface area contributed by atoms with E-state index in [2.05, 4.69) is 38.2 Å². The molecule has 0 bridgehead atoms. The quantitative estimate of drug-likeness (QED) is 0.898. The van der Waals surface area contributed by atoms with Crippen LogP contribution >= 0.6 is 0 Å². The Morgan fingerprint density at radius 3 is 2.40 bits per heavy atom. The molecule has 0 aliphatic carbocycles. The van der Waals surface area contributed by atoms with Gasteiger partial charge in [-0.05, 0) is 11.0 Å². The Kier molecular flexibility index (Phi) is 4.17. The Labute approximate surface area is 121 Å². The lowest BCUT2D eigenvalue weighted by Gasteiger charge is -2.36. The molecule has 1 aliphatic rings. The summed E-state index contributed by atoms with van der Waals surface area (Å²) in [6.07, 6.45) is 2.31. The average Bonchev–Trinajstić information content (AvgIpc) is 2.58. The van der Waals surface area contributed by atoms with Gasteiger partial charge in [0.1, 0.15) is 5.76 Å². The van der Waals surface area contributed by atoms with Crippen LogP contribution in [0.5, 0.6) is 0 Å². The van der Waals surface area contributed by atoms with Gasteiger partial charge in [-0.25, -0.2) is 0 Å². The third kappa shape index (κ3) is 3.21. The number of amides is 1. The zero-order valence-electron chi connectivity index (χ0n) is 12.6. The van der Waals surface area contributed by atoms with E-state index in [0.717, 1.165) is 12.2 Å². The van der Waals surface area contributed by atoms with Crippen molar-refractivity contribution in [2.75, 3.05) is 7.11 Å². The summed E-state index contributed by atoms with van der Waals surface area (Å²) in [5.41, 5.74) is 1.21. The van der Waals surface area contributed by atoms with E-state index in [0.29, 0.717) is 0 Å². The van der Waals surface area contributed by atoms with Crippen LogP contribution in [0.25, 0.3) is 0 Å². The molecule has 0 unspecified atom stereocenters. The molecule has 2 atom stereocenters. The number of benzene rings is 1. The summed E-state index contributed by atoms with van der Waals surface area (Å²) in [4.78, 5) is 12.0. The van der Waals surface area contributed by atoms with Gasteiger partial charge in [-0.3, -0.25) is 4.79 Å². The molecular formula is C17H23NO2. The number of allylic oxidation sites excluding steroid dienone is 1. The molecule has 0 spiro atoms. The van der Waals surface area contributed by atoms with Crippen LogP contribution in [0, 0.1) is 5.41 Å². The molecule has 0 radical (unpaired) electrons. The molecular weight excluding hydrogens is 250 g/mol. The van der Waals surface area contributed by atoms with E-state index >= 15 is 0 Å². The van der Waals surface area contributed by atoms with Gasteiger partial charge >= 0.3 is 0 Å². The molecule has 1 heterocycles. The molecule has 0 fully saturated rings. The molecule has 3 heteroatoms. The van der Waals surface area contributed by atoms with Gasteiger partial charge < -0.3 is 10.1 Å². The van der Waals surface area contributed by atoms with Gasteiger partial charge in [-0.1, -0.05) is 51.1 Å². The Bertz CT molecular complexity index is 499. The SMILES string of the molecule is COC1=CC(=O)N[C@@H](C(C)(C)C)[C@@H](c2ccccc2)C1. The monoisotopic (exact) mass is 273 g/mol.